The van der Waals surface area contributed by atoms with Crippen LogP contribution in [0.15, 0.2) is 46.9 Å². The first-order chi connectivity index (χ1) is 10.1. The molecule has 2 aromatic rings. The highest BCUT2D eigenvalue weighted by Gasteiger charge is 2.18. The summed E-state index contributed by atoms with van der Waals surface area (Å²) in [6.45, 7) is 3.61. The Hall–Kier alpha value is -1.61. The third-order valence-corrected chi connectivity index (χ3v) is 4.46. The van der Waals surface area contributed by atoms with Gasteiger partial charge in [0.2, 0.25) is 0 Å². The topological polar surface area (TPSA) is 20.3 Å². The molecule has 1 heterocycles. The minimum Gasteiger partial charge on any atom is -0.367 e. The summed E-state index contributed by atoms with van der Waals surface area (Å²) in [7, 11) is 0. The average Bonchev–Trinajstić information content (AvgIpc) is 2.47. The Morgan fingerprint density at radius 2 is 2.10 bits per heavy atom. The molecule has 0 unspecified atom stereocenters. The fraction of sp³-hybridized carbons (Fsp3) is 0.278. The first kappa shape index (κ1) is 14.3. The van der Waals surface area contributed by atoms with Crippen molar-refractivity contribution in [3.63, 3.8) is 0 Å². The molecule has 0 aliphatic carbocycles. The third kappa shape index (κ3) is 3.18. The molecular formula is C18H18BrNO. The van der Waals surface area contributed by atoms with Gasteiger partial charge in [-0.1, -0.05) is 28.1 Å². The third-order valence-electron chi connectivity index (χ3n) is 3.96. The number of carbonyl (C=O) groups excluding carboxylic acids is 1. The molecule has 1 aliphatic rings. The monoisotopic (exact) mass is 343 g/mol. The van der Waals surface area contributed by atoms with Gasteiger partial charge >= 0.3 is 0 Å². The van der Waals surface area contributed by atoms with Gasteiger partial charge < -0.3 is 4.90 Å². The van der Waals surface area contributed by atoms with Gasteiger partial charge in [0.25, 0.3) is 0 Å². The number of Topliss-reactive ketones (excluding diaryl/α,β-unsaturated/α-hetero) is 1. The summed E-state index contributed by atoms with van der Waals surface area (Å²) in [6.07, 6.45) is 2.20. The van der Waals surface area contributed by atoms with E-state index in [-0.39, 0.29) is 5.78 Å². The van der Waals surface area contributed by atoms with E-state index in [1.807, 2.05) is 12.1 Å². The second kappa shape index (κ2) is 6.02. The number of ketones is 1. The lowest BCUT2D eigenvalue weighted by atomic mass is 9.97. The molecule has 0 amide bonds. The van der Waals surface area contributed by atoms with Crippen LogP contribution in [-0.4, -0.2) is 12.3 Å². The molecule has 0 fully saturated rings. The van der Waals surface area contributed by atoms with E-state index in [4.69, 9.17) is 0 Å². The van der Waals surface area contributed by atoms with Crippen LogP contribution in [0.1, 0.15) is 34.8 Å². The first-order valence-electron chi connectivity index (χ1n) is 7.27. The highest BCUT2D eigenvalue weighted by molar-refractivity contribution is 9.10. The number of benzene rings is 2. The van der Waals surface area contributed by atoms with Crippen LogP contribution in [0.5, 0.6) is 0 Å². The van der Waals surface area contributed by atoms with Gasteiger partial charge in [0.1, 0.15) is 0 Å². The molecule has 0 saturated carbocycles. The quantitative estimate of drug-likeness (QED) is 0.758. The molecule has 0 aromatic heterocycles. The zero-order valence-electron chi connectivity index (χ0n) is 12.1. The maximum absolute atomic E-state index is 11.5. The van der Waals surface area contributed by atoms with Crippen LogP contribution in [0, 0.1) is 0 Å². The Bertz CT molecular complexity index is 681. The second-order valence-corrected chi connectivity index (χ2v) is 6.47. The van der Waals surface area contributed by atoms with E-state index in [1.165, 1.54) is 16.8 Å². The minimum atomic E-state index is 0.141. The van der Waals surface area contributed by atoms with E-state index in [0.29, 0.717) is 0 Å². The summed E-state index contributed by atoms with van der Waals surface area (Å²) in [4.78, 5) is 13.9. The van der Waals surface area contributed by atoms with Gasteiger partial charge in [0, 0.05) is 28.8 Å². The van der Waals surface area contributed by atoms with E-state index in [1.54, 1.807) is 6.92 Å². The zero-order valence-corrected chi connectivity index (χ0v) is 13.7. The summed E-state index contributed by atoms with van der Waals surface area (Å²) in [5.41, 5.74) is 4.68. The number of halogens is 1. The van der Waals surface area contributed by atoms with Gasteiger partial charge in [-0.15, -0.1) is 0 Å². The number of rotatable bonds is 3. The van der Waals surface area contributed by atoms with Crippen molar-refractivity contribution in [2.24, 2.45) is 0 Å². The maximum atomic E-state index is 11.5. The summed E-state index contributed by atoms with van der Waals surface area (Å²) >= 11 is 3.53. The molecule has 108 valence electrons. The Morgan fingerprint density at radius 3 is 2.86 bits per heavy atom. The van der Waals surface area contributed by atoms with E-state index in [9.17, 15) is 4.79 Å². The molecule has 1 aliphatic heterocycles. The van der Waals surface area contributed by atoms with Gasteiger partial charge in [0.15, 0.2) is 5.78 Å². The number of carbonyl (C=O) groups is 1. The van der Waals surface area contributed by atoms with E-state index in [0.717, 1.165) is 36.0 Å². The van der Waals surface area contributed by atoms with Crippen molar-refractivity contribution in [3.8, 4) is 0 Å². The Morgan fingerprint density at radius 1 is 1.24 bits per heavy atom. The van der Waals surface area contributed by atoms with Crippen molar-refractivity contribution in [1.82, 2.24) is 0 Å². The van der Waals surface area contributed by atoms with Crippen LogP contribution >= 0.6 is 15.9 Å². The molecule has 0 bridgehead atoms. The molecule has 21 heavy (non-hydrogen) atoms. The van der Waals surface area contributed by atoms with Crippen molar-refractivity contribution in [2.75, 3.05) is 11.4 Å². The lowest BCUT2D eigenvalue weighted by Gasteiger charge is -2.31. The second-order valence-electron chi connectivity index (χ2n) is 5.55. The molecule has 3 heteroatoms. The van der Waals surface area contributed by atoms with E-state index in [2.05, 4.69) is 51.2 Å². The molecule has 0 atom stereocenters. The van der Waals surface area contributed by atoms with Crippen molar-refractivity contribution >= 4 is 27.4 Å². The molecule has 3 rings (SSSR count). The number of aryl methyl sites for hydroxylation is 1. The van der Waals surface area contributed by atoms with Gasteiger partial charge in [-0.3, -0.25) is 4.79 Å². The molecule has 0 N–H and O–H groups in total. The largest absolute Gasteiger partial charge is 0.367 e. The van der Waals surface area contributed by atoms with Gasteiger partial charge in [-0.2, -0.15) is 0 Å². The SMILES string of the molecule is CC(=O)c1ccc2c(c1)CCCN2Cc1cccc(Br)c1. The molecule has 2 nitrogen and oxygen atoms in total. The molecule has 2 aromatic carbocycles. The molecule has 0 saturated heterocycles. The Labute approximate surface area is 133 Å². The fourth-order valence-corrected chi connectivity index (χ4v) is 3.36. The number of fused-ring (bicyclic) bond motifs is 1. The van der Waals surface area contributed by atoms with Gasteiger partial charge in [-0.05, 0) is 61.2 Å². The van der Waals surface area contributed by atoms with Crippen LogP contribution in [0.2, 0.25) is 0 Å². The van der Waals surface area contributed by atoms with E-state index >= 15 is 0 Å². The fourth-order valence-electron chi connectivity index (χ4n) is 2.91. The number of nitrogens with zero attached hydrogens (tertiary/aromatic N) is 1. The Kier molecular flexibility index (Phi) is 4.11. The first-order valence-corrected chi connectivity index (χ1v) is 8.06. The van der Waals surface area contributed by atoms with Gasteiger partial charge in [0.05, 0.1) is 0 Å². The molecular weight excluding hydrogens is 326 g/mol. The van der Waals surface area contributed by atoms with Crippen LogP contribution < -0.4 is 4.90 Å². The smallest absolute Gasteiger partial charge is 0.159 e. The van der Waals surface area contributed by atoms with Crippen molar-refractivity contribution in [2.45, 2.75) is 26.3 Å². The summed E-state index contributed by atoms with van der Waals surface area (Å²) in [5, 5.41) is 0. The van der Waals surface area contributed by atoms with Crippen LogP contribution in [0.4, 0.5) is 5.69 Å². The van der Waals surface area contributed by atoms with Crippen LogP contribution in [0.3, 0.4) is 0 Å². The number of hydrogen-bond donors (Lipinski definition) is 0. The van der Waals surface area contributed by atoms with Crippen LogP contribution in [0.25, 0.3) is 0 Å². The predicted octanol–water partition coefficient (Wildman–Crippen LogP) is 4.60. The van der Waals surface area contributed by atoms with Crippen molar-refractivity contribution in [3.05, 3.63) is 63.6 Å². The predicted molar refractivity (Wildman–Crippen MR) is 90.0 cm³/mol. The lowest BCUT2D eigenvalue weighted by molar-refractivity contribution is 0.101. The summed E-state index contributed by atoms with van der Waals surface area (Å²) in [6, 6.07) is 14.5. The van der Waals surface area contributed by atoms with Crippen molar-refractivity contribution < 1.29 is 4.79 Å². The molecule has 0 radical (unpaired) electrons. The molecule has 0 spiro atoms. The van der Waals surface area contributed by atoms with E-state index < -0.39 is 0 Å². The standard InChI is InChI=1S/C18H18BrNO/c1-13(21)15-7-8-18-16(11-15)5-3-9-20(18)12-14-4-2-6-17(19)10-14/h2,4,6-8,10-11H,3,5,9,12H2,1H3. The summed E-state index contributed by atoms with van der Waals surface area (Å²) in [5.74, 6) is 0.141. The number of anilines is 1. The normalized spacial score (nSPS) is 13.9. The number of hydrogen-bond acceptors (Lipinski definition) is 2. The highest BCUT2D eigenvalue weighted by atomic mass is 79.9. The lowest BCUT2D eigenvalue weighted by Crippen LogP contribution is -2.28. The van der Waals surface area contributed by atoms with Gasteiger partial charge in [-0.25, -0.2) is 0 Å². The minimum absolute atomic E-state index is 0.141. The van der Waals surface area contributed by atoms with Crippen LogP contribution in [-0.2, 0) is 13.0 Å². The highest BCUT2D eigenvalue weighted by Crippen LogP contribution is 2.29. The average molecular weight is 344 g/mol. The summed E-state index contributed by atoms with van der Waals surface area (Å²) < 4.78 is 1.11. The zero-order chi connectivity index (χ0) is 14.8. The maximum Gasteiger partial charge on any atom is 0.159 e. The van der Waals surface area contributed by atoms with Crippen molar-refractivity contribution in [1.29, 1.82) is 0 Å². The Balaban J connectivity index is 1.88.